The smallest absolute Gasteiger partial charge is 0.178 e. The van der Waals surface area contributed by atoms with Crippen LogP contribution in [0.3, 0.4) is 0 Å². The van der Waals surface area contributed by atoms with Crippen molar-refractivity contribution in [2.45, 2.75) is 17.7 Å². The average Bonchev–Trinajstić information content (AvgIpc) is 2.40. The van der Waals surface area contributed by atoms with Crippen LogP contribution in [0.1, 0.15) is 12.0 Å². The Kier molecular flexibility index (Phi) is 4.22. The van der Waals surface area contributed by atoms with Crippen molar-refractivity contribution in [2.24, 2.45) is 0 Å². The van der Waals surface area contributed by atoms with Crippen molar-refractivity contribution in [3.63, 3.8) is 0 Å². The second-order valence-electron chi connectivity index (χ2n) is 4.40. The van der Waals surface area contributed by atoms with Crippen LogP contribution in [0.5, 0.6) is 5.75 Å². The molecule has 0 saturated carbocycles. The molecule has 0 aliphatic carbocycles. The fraction of sp³-hybridized carbons (Fsp3) is 0.200. The van der Waals surface area contributed by atoms with Gasteiger partial charge in [0.25, 0.3) is 0 Å². The molecule has 0 bridgehead atoms. The molecule has 0 aromatic heterocycles. The normalized spacial score (nSPS) is 11.4. The van der Waals surface area contributed by atoms with Gasteiger partial charge in [0.15, 0.2) is 9.84 Å². The highest BCUT2D eigenvalue weighted by Gasteiger charge is 2.13. The van der Waals surface area contributed by atoms with E-state index >= 15 is 0 Å². The van der Waals surface area contributed by atoms with E-state index in [4.69, 9.17) is 5.11 Å². The Bertz CT molecular complexity index is 616. The minimum Gasteiger partial charge on any atom is -0.508 e. The zero-order chi connectivity index (χ0) is 13.7. The molecule has 4 heteroatoms. The summed E-state index contributed by atoms with van der Waals surface area (Å²) in [6.07, 6.45) is 1.34. The predicted molar refractivity (Wildman–Crippen MR) is 74.9 cm³/mol. The second kappa shape index (κ2) is 5.89. The summed E-state index contributed by atoms with van der Waals surface area (Å²) in [5.74, 6) is 0.190. The van der Waals surface area contributed by atoms with Gasteiger partial charge in [0.1, 0.15) is 5.75 Å². The summed E-state index contributed by atoms with van der Waals surface area (Å²) in [5, 5.41) is 9.15. The zero-order valence-electron chi connectivity index (χ0n) is 10.5. The Morgan fingerprint density at radius 2 is 1.53 bits per heavy atom. The van der Waals surface area contributed by atoms with E-state index in [0.29, 0.717) is 6.42 Å². The van der Waals surface area contributed by atoms with Crippen LogP contribution in [-0.4, -0.2) is 19.3 Å². The molecule has 2 aromatic carbocycles. The summed E-state index contributed by atoms with van der Waals surface area (Å²) in [4.78, 5) is 0.262. The lowest BCUT2D eigenvalue weighted by atomic mass is 10.1. The maximum absolute atomic E-state index is 12.1. The van der Waals surface area contributed by atoms with E-state index in [2.05, 4.69) is 0 Å². The van der Waals surface area contributed by atoms with Crippen LogP contribution in [0.4, 0.5) is 0 Å². The first-order valence-electron chi connectivity index (χ1n) is 6.14. The number of phenolic OH excluding ortho intramolecular Hbond substituents is 1. The van der Waals surface area contributed by atoms with Crippen molar-refractivity contribution >= 4 is 9.84 Å². The summed E-state index contributed by atoms with van der Waals surface area (Å²) >= 11 is 0. The van der Waals surface area contributed by atoms with Gasteiger partial charge in [-0.05, 0) is 42.7 Å². The average molecular weight is 276 g/mol. The van der Waals surface area contributed by atoms with Gasteiger partial charge >= 0.3 is 0 Å². The Hall–Kier alpha value is -1.81. The molecular weight excluding hydrogens is 260 g/mol. The van der Waals surface area contributed by atoms with Crippen molar-refractivity contribution in [1.29, 1.82) is 0 Å². The van der Waals surface area contributed by atoms with Gasteiger partial charge < -0.3 is 5.11 Å². The fourth-order valence-corrected chi connectivity index (χ4v) is 3.19. The molecule has 1 N–H and O–H groups in total. The number of hydrogen-bond donors (Lipinski definition) is 1. The van der Waals surface area contributed by atoms with E-state index in [9.17, 15) is 8.42 Å². The standard InChI is InChI=1S/C15H16O3S/c16-14-8-10-15(11-9-14)19(17,18)12-4-7-13-5-2-1-3-6-13/h1-3,5-6,8-11,16H,4,7,12H2. The van der Waals surface area contributed by atoms with Crippen molar-refractivity contribution in [2.75, 3.05) is 5.75 Å². The Labute approximate surface area is 113 Å². The SMILES string of the molecule is O=S(=O)(CCCc1ccccc1)c1ccc(O)cc1. The molecule has 0 atom stereocenters. The first-order valence-corrected chi connectivity index (χ1v) is 7.79. The third kappa shape index (κ3) is 3.83. The molecule has 2 aromatic rings. The molecule has 0 aliphatic rings. The number of rotatable bonds is 5. The Morgan fingerprint density at radius 1 is 0.895 bits per heavy atom. The molecule has 0 heterocycles. The van der Waals surface area contributed by atoms with Gasteiger partial charge in [0.2, 0.25) is 0 Å². The van der Waals surface area contributed by atoms with Crippen LogP contribution in [0.2, 0.25) is 0 Å². The van der Waals surface area contributed by atoms with Gasteiger partial charge in [-0.2, -0.15) is 0 Å². The Morgan fingerprint density at radius 3 is 2.16 bits per heavy atom. The number of sulfone groups is 1. The summed E-state index contributed by atoms with van der Waals surface area (Å²) in [6.45, 7) is 0. The van der Waals surface area contributed by atoms with E-state index in [1.54, 1.807) is 0 Å². The molecule has 0 radical (unpaired) electrons. The van der Waals surface area contributed by atoms with E-state index < -0.39 is 9.84 Å². The minimum absolute atomic E-state index is 0.0724. The summed E-state index contributed by atoms with van der Waals surface area (Å²) in [5.41, 5.74) is 1.14. The van der Waals surface area contributed by atoms with Crippen LogP contribution >= 0.6 is 0 Å². The van der Waals surface area contributed by atoms with E-state index in [1.165, 1.54) is 24.3 Å². The van der Waals surface area contributed by atoms with Crippen molar-refractivity contribution < 1.29 is 13.5 Å². The van der Waals surface area contributed by atoms with Crippen molar-refractivity contribution in [1.82, 2.24) is 0 Å². The van der Waals surface area contributed by atoms with Gasteiger partial charge in [-0.25, -0.2) is 8.42 Å². The number of benzene rings is 2. The molecule has 0 saturated heterocycles. The molecule has 0 unspecified atom stereocenters. The topological polar surface area (TPSA) is 54.4 Å². The molecule has 0 fully saturated rings. The number of aromatic hydroxyl groups is 1. The molecule has 0 spiro atoms. The van der Waals surface area contributed by atoms with Crippen LogP contribution in [0.15, 0.2) is 59.5 Å². The first kappa shape index (κ1) is 13.6. The highest BCUT2D eigenvalue weighted by Crippen LogP contribution is 2.17. The van der Waals surface area contributed by atoms with Gasteiger partial charge in [-0.1, -0.05) is 30.3 Å². The third-order valence-electron chi connectivity index (χ3n) is 2.92. The van der Waals surface area contributed by atoms with E-state index in [0.717, 1.165) is 12.0 Å². The number of phenols is 1. The number of hydrogen-bond acceptors (Lipinski definition) is 3. The fourth-order valence-electron chi connectivity index (χ4n) is 1.88. The highest BCUT2D eigenvalue weighted by molar-refractivity contribution is 7.91. The first-order chi connectivity index (χ1) is 9.08. The van der Waals surface area contributed by atoms with E-state index in [1.807, 2.05) is 30.3 Å². The summed E-state index contributed by atoms with van der Waals surface area (Å²) in [6, 6.07) is 15.5. The largest absolute Gasteiger partial charge is 0.508 e. The molecule has 19 heavy (non-hydrogen) atoms. The van der Waals surface area contributed by atoms with Crippen molar-refractivity contribution in [3.05, 3.63) is 60.2 Å². The predicted octanol–water partition coefficient (Wildman–Crippen LogP) is 2.80. The maximum Gasteiger partial charge on any atom is 0.178 e. The van der Waals surface area contributed by atoms with E-state index in [-0.39, 0.29) is 16.4 Å². The van der Waals surface area contributed by atoms with Gasteiger partial charge in [-0.15, -0.1) is 0 Å². The molecule has 3 nitrogen and oxygen atoms in total. The van der Waals surface area contributed by atoms with Crippen LogP contribution in [0.25, 0.3) is 0 Å². The zero-order valence-corrected chi connectivity index (χ0v) is 11.3. The van der Waals surface area contributed by atoms with Gasteiger partial charge in [-0.3, -0.25) is 0 Å². The second-order valence-corrected chi connectivity index (χ2v) is 6.51. The lowest BCUT2D eigenvalue weighted by Crippen LogP contribution is -2.07. The molecule has 100 valence electrons. The molecule has 0 aliphatic heterocycles. The van der Waals surface area contributed by atoms with Crippen LogP contribution < -0.4 is 0 Å². The molecule has 0 amide bonds. The number of aryl methyl sites for hydroxylation is 1. The maximum atomic E-state index is 12.1. The minimum atomic E-state index is -3.26. The van der Waals surface area contributed by atoms with Gasteiger partial charge in [0, 0.05) is 0 Å². The lowest BCUT2D eigenvalue weighted by molar-refractivity contribution is 0.475. The van der Waals surface area contributed by atoms with Crippen LogP contribution in [0, 0.1) is 0 Å². The quantitative estimate of drug-likeness (QED) is 0.913. The van der Waals surface area contributed by atoms with Crippen LogP contribution in [-0.2, 0) is 16.3 Å². The summed E-state index contributed by atoms with van der Waals surface area (Å²) in [7, 11) is -3.26. The molecular formula is C15H16O3S. The summed E-state index contributed by atoms with van der Waals surface area (Å²) < 4.78 is 24.1. The highest BCUT2D eigenvalue weighted by atomic mass is 32.2. The van der Waals surface area contributed by atoms with Crippen molar-refractivity contribution in [3.8, 4) is 5.75 Å². The monoisotopic (exact) mass is 276 g/mol. The van der Waals surface area contributed by atoms with Gasteiger partial charge in [0.05, 0.1) is 10.6 Å². The molecule has 2 rings (SSSR count). The Balaban J connectivity index is 1.97. The lowest BCUT2D eigenvalue weighted by Gasteiger charge is -2.05. The third-order valence-corrected chi connectivity index (χ3v) is 4.73.